The number of piperidine rings is 2. The molecule has 1 aromatic rings. The fourth-order valence-electron chi connectivity index (χ4n) is 4.02. The first-order valence-electron chi connectivity index (χ1n) is 9.36. The maximum Gasteiger partial charge on any atom is 0.255 e. The van der Waals surface area contributed by atoms with E-state index >= 15 is 0 Å². The highest BCUT2D eigenvalue weighted by Gasteiger charge is 2.39. The monoisotopic (exact) mass is 374 g/mol. The SMILES string of the molecule is O=C1CCC(N2Cc3ccc(CN[C@@H]4CNC[C@@H](F)C4)cc3C2=O)C(=O)N1. The average Bonchev–Trinajstić information content (AvgIpc) is 2.96. The lowest BCUT2D eigenvalue weighted by Gasteiger charge is -2.29. The van der Waals surface area contributed by atoms with Crippen LogP contribution in [0.2, 0.25) is 0 Å². The van der Waals surface area contributed by atoms with Gasteiger partial charge in [-0.1, -0.05) is 12.1 Å². The van der Waals surface area contributed by atoms with Gasteiger partial charge in [0, 0.05) is 44.2 Å². The average molecular weight is 374 g/mol. The molecular formula is C19H23FN4O3. The Morgan fingerprint density at radius 1 is 1.22 bits per heavy atom. The maximum atomic E-state index is 13.5. The molecule has 3 N–H and O–H groups in total. The fourth-order valence-corrected chi connectivity index (χ4v) is 4.02. The highest BCUT2D eigenvalue weighted by Crippen LogP contribution is 2.28. The summed E-state index contributed by atoms with van der Waals surface area (Å²) in [6, 6.07) is 5.18. The van der Waals surface area contributed by atoms with Crippen molar-refractivity contribution in [2.24, 2.45) is 0 Å². The molecule has 3 heterocycles. The zero-order valence-electron chi connectivity index (χ0n) is 15.0. The Kier molecular flexibility index (Phi) is 4.92. The van der Waals surface area contributed by atoms with Crippen molar-refractivity contribution >= 4 is 17.7 Å². The molecule has 2 saturated heterocycles. The second-order valence-electron chi connectivity index (χ2n) is 7.46. The minimum Gasteiger partial charge on any atom is -0.322 e. The first-order valence-corrected chi connectivity index (χ1v) is 9.36. The molecule has 0 bridgehead atoms. The van der Waals surface area contributed by atoms with Crippen LogP contribution in [-0.4, -0.2) is 54.0 Å². The summed E-state index contributed by atoms with van der Waals surface area (Å²) in [4.78, 5) is 37.8. The van der Waals surface area contributed by atoms with E-state index in [1.54, 1.807) is 4.90 Å². The Hall–Kier alpha value is -2.32. The molecule has 3 aliphatic rings. The summed E-state index contributed by atoms with van der Waals surface area (Å²) >= 11 is 0. The van der Waals surface area contributed by atoms with Gasteiger partial charge in [-0.05, 0) is 30.0 Å². The molecule has 1 unspecified atom stereocenters. The summed E-state index contributed by atoms with van der Waals surface area (Å²) in [6.07, 6.45) is 0.259. The number of fused-ring (bicyclic) bond motifs is 1. The van der Waals surface area contributed by atoms with E-state index in [-0.39, 0.29) is 24.3 Å². The van der Waals surface area contributed by atoms with E-state index in [1.165, 1.54) is 0 Å². The standard InChI is InChI=1S/C19H23FN4O3/c20-13-6-14(9-21-8-13)22-7-11-1-2-12-10-24(19(27)15(12)5-11)16-3-4-17(25)23-18(16)26/h1-2,5,13-14,16,21-22H,3-4,6-10H2,(H,23,25,26)/t13-,14-,16?/m0/s1. The van der Waals surface area contributed by atoms with Crippen molar-refractivity contribution in [3.63, 3.8) is 0 Å². The largest absolute Gasteiger partial charge is 0.322 e. The van der Waals surface area contributed by atoms with Crippen LogP contribution in [0.25, 0.3) is 0 Å². The van der Waals surface area contributed by atoms with E-state index in [9.17, 15) is 18.8 Å². The Morgan fingerprint density at radius 3 is 2.85 bits per heavy atom. The van der Waals surface area contributed by atoms with Gasteiger partial charge in [0.2, 0.25) is 11.8 Å². The molecule has 3 aliphatic heterocycles. The highest BCUT2D eigenvalue weighted by atomic mass is 19.1. The van der Waals surface area contributed by atoms with Gasteiger partial charge in [-0.2, -0.15) is 0 Å². The quantitative estimate of drug-likeness (QED) is 0.657. The number of hydrogen-bond donors (Lipinski definition) is 3. The third-order valence-corrected chi connectivity index (χ3v) is 5.48. The van der Waals surface area contributed by atoms with E-state index in [1.807, 2.05) is 18.2 Å². The number of nitrogens with one attached hydrogen (secondary N) is 3. The molecule has 0 spiro atoms. The second-order valence-corrected chi connectivity index (χ2v) is 7.46. The molecule has 0 radical (unpaired) electrons. The Bertz CT molecular complexity index is 784. The number of amides is 3. The Balaban J connectivity index is 1.42. The van der Waals surface area contributed by atoms with E-state index < -0.39 is 18.1 Å². The molecule has 2 fully saturated rings. The lowest BCUT2D eigenvalue weighted by atomic mass is 10.0. The van der Waals surface area contributed by atoms with Gasteiger partial charge in [0.15, 0.2) is 0 Å². The van der Waals surface area contributed by atoms with Gasteiger partial charge in [-0.15, -0.1) is 0 Å². The Morgan fingerprint density at radius 2 is 2.07 bits per heavy atom. The number of carbonyl (C=O) groups is 3. The van der Waals surface area contributed by atoms with Crippen LogP contribution >= 0.6 is 0 Å². The number of alkyl halides is 1. The third kappa shape index (κ3) is 3.72. The lowest BCUT2D eigenvalue weighted by molar-refractivity contribution is -0.136. The van der Waals surface area contributed by atoms with Crippen LogP contribution in [0.5, 0.6) is 0 Å². The number of hydrogen-bond acceptors (Lipinski definition) is 5. The topological polar surface area (TPSA) is 90.5 Å². The van der Waals surface area contributed by atoms with Crippen molar-refractivity contribution in [3.8, 4) is 0 Å². The summed E-state index contributed by atoms with van der Waals surface area (Å²) in [5.74, 6) is -0.870. The summed E-state index contributed by atoms with van der Waals surface area (Å²) in [5, 5.41) is 8.70. The van der Waals surface area contributed by atoms with Gasteiger partial charge in [-0.3, -0.25) is 19.7 Å². The van der Waals surface area contributed by atoms with E-state index in [4.69, 9.17) is 0 Å². The summed E-state index contributed by atoms with van der Waals surface area (Å²) in [6.45, 7) is 2.07. The van der Waals surface area contributed by atoms with Crippen LogP contribution in [-0.2, 0) is 22.7 Å². The zero-order chi connectivity index (χ0) is 19.0. The number of nitrogens with zero attached hydrogens (tertiary/aromatic N) is 1. The molecular weight excluding hydrogens is 351 g/mol. The van der Waals surface area contributed by atoms with Crippen molar-refractivity contribution in [1.29, 1.82) is 0 Å². The van der Waals surface area contributed by atoms with Crippen LogP contribution in [0, 0.1) is 0 Å². The molecule has 0 aliphatic carbocycles. The molecule has 3 amide bonds. The fraction of sp³-hybridized carbons (Fsp3) is 0.526. The predicted molar refractivity (Wildman–Crippen MR) is 95.5 cm³/mol. The molecule has 0 saturated carbocycles. The van der Waals surface area contributed by atoms with Gasteiger partial charge >= 0.3 is 0 Å². The second kappa shape index (κ2) is 7.36. The van der Waals surface area contributed by atoms with Crippen molar-refractivity contribution in [2.45, 2.75) is 50.6 Å². The molecule has 4 rings (SSSR count). The van der Waals surface area contributed by atoms with E-state index in [0.717, 1.165) is 17.7 Å². The van der Waals surface area contributed by atoms with Crippen molar-refractivity contribution < 1.29 is 18.8 Å². The van der Waals surface area contributed by atoms with Crippen molar-refractivity contribution in [2.75, 3.05) is 13.1 Å². The molecule has 1 aromatic carbocycles. The lowest BCUT2D eigenvalue weighted by Crippen LogP contribution is -2.52. The van der Waals surface area contributed by atoms with Crippen molar-refractivity contribution in [1.82, 2.24) is 20.9 Å². The summed E-state index contributed by atoms with van der Waals surface area (Å²) in [7, 11) is 0. The van der Waals surface area contributed by atoms with Gasteiger partial charge in [0.1, 0.15) is 12.2 Å². The van der Waals surface area contributed by atoms with Crippen LogP contribution in [0.3, 0.4) is 0 Å². The van der Waals surface area contributed by atoms with Gasteiger partial charge in [-0.25, -0.2) is 4.39 Å². The minimum atomic E-state index is -0.833. The normalized spacial score (nSPS) is 28.3. The van der Waals surface area contributed by atoms with Crippen LogP contribution in [0.15, 0.2) is 18.2 Å². The zero-order valence-corrected chi connectivity index (χ0v) is 15.0. The van der Waals surface area contributed by atoms with Gasteiger partial charge in [0.25, 0.3) is 5.91 Å². The van der Waals surface area contributed by atoms with E-state index in [0.29, 0.717) is 38.0 Å². The van der Waals surface area contributed by atoms with Gasteiger partial charge < -0.3 is 15.5 Å². The van der Waals surface area contributed by atoms with Crippen LogP contribution < -0.4 is 16.0 Å². The van der Waals surface area contributed by atoms with E-state index in [2.05, 4.69) is 16.0 Å². The summed E-state index contributed by atoms with van der Waals surface area (Å²) in [5.41, 5.74) is 2.44. The maximum absolute atomic E-state index is 13.5. The molecule has 7 nitrogen and oxygen atoms in total. The molecule has 3 atom stereocenters. The predicted octanol–water partition coefficient (Wildman–Crippen LogP) is 0.237. The highest BCUT2D eigenvalue weighted by molar-refractivity contribution is 6.05. The number of halogens is 1. The van der Waals surface area contributed by atoms with Crippen LogP contribution in [0.1, 0.15) is 40.7 Å². The van der Waals surface area contributed by atoms with Crippen LogP contribution in [0.4, 0.5) is 4.39 Å². The number of carbonyl (C=O) groups excluding carboxylic acids is 3. The number of rotatable bonds is 4. The molecule has 8 heteroatoms. The molecule has 0 aromatic heterocycles. The Labute approximate surface area is 156 Å². The first-order chi connectivity index (χ1) is 13.0. The number of imide groups is 1. The summed E-state index contributed by atoms with van der Waals surface area (Å²) < 4.78 is 13.5. The third-order valence-electron chi connectivity index (χ3n) is 5.48. The molecule has 27 heavy (non-hydrogen) atoms. The van der Waals surface area contributed by atoms with Gasteiger partial charge in [0.05, 0.1) is 0 Å². The smallest absolute Gasteiger partial charge is 0.255 e. The first kappa shape index (κ1) is 18.1. The number of benzene rings is 1. The molecule has 144 valence electrons. The van der Waals surface area contributed by atoms with Crippen molar-refractivity contribution in [3.05, 3.63) is 34.9 Å². The minimum absolute atomic E-state index is 0.0673.